The highest BCUT2D eigenvalue weighted by Gasteiger charge is 3.08. The van der Waals surface area contributed by atoms with Gasteiger partial charge in [-0.2, -0.15) is 0 Å². The van der Waals surface area contributed by atoms with E-state index in [4.69, 9.17) is 61.3 Å². The van der Waals surface area contributed by atoms with Crippen LogP contribution in [0, 0.1) is 22.2 Å². The van der Waals surface area contributed by atoms with Crippen LogP contribution in [-0.4, -0.2) is 126 Å². The largest absolute Gasteiger partial charge is 0.472 e. The minimum atomic E-state index is -2.33. The molecule has 2 spiro atoms. The van der Waals surface area contributed by atoms with Gasteiger partial charge in [0.2, 0.25) is 0 Å². The molecule has 342 valence electrons. The summed E-state index contributed by atoms with van der Waals surface area (Å²) in [6.45, 7) is 14.1. The molecule has 4 aliphatic heterocycles. The van der Waals surface area contributed by atoms with Crippen molar-refractivity contribution in [3.05, 3.63) is 24.2 Å². The van der Waals surface area contributed by atoms with Crippen molar-refractivity contribution in [2.75, 3.05) is 21.3 Å². The second-order valence-electron chi connectivity index (χ2n) is 19.3. The molecule has 62 heavy (non-hydrogen) atoms. The molecule has 1 aromatic heterocycles. The van der Waals surface area contributed by atoms with Crippen LogP contribution in [0.4, 0.5) is 0 Å². The van der Waals surface area contributed by atoms with E-state index in [9.17, 15) is 29.1 Å². The van der Waals surface area contributed by atoms with Gasteiger partial charge in [0.1, 0.15) is 29.5 Å². The van der Waals surface area contributed by atoms with Crippen LogP contribution in [0.25, 0.3) is 0 Å². The Morgan fingerprint density at radius 3 is 2.11 bits per heavy atom. The Bertz CT molecular complexity index is 2120. The molecule has 9 rings (SSSR count). The summed E-state index contributed by atoms with van der Waals surface area (Å²) in [7, 11) is 3.77. The van der Waals surface area contributed by atoms with E-state index in [0.29, 0.717) is 5.56 Å². The number of furan rings is 1. The molecule has 0 radical (unpaired) electrons. The lowest BCUT2D eigenvalue weighted by Crippen LogP contribution is -2.98. The standard InChI is InChI=1S/C43H56O19/c1-13-40(52-12)58-31-41(62-40)30(55-32(49)35(7)21(2)56-35)33(5)20-39(41,57-23(4)45)36(8,25(33)16-27(47)50-10)42-26(46)17-34(6,29(54-22(3)44)24-14-15-53-19-24)38(18-28(48)51-11)43(31,42)61-37(9,59-38)60-42/h14-15,19,21,25-26,29-31,46H,13,16-18,20H2,1-12H3/t21-,25+,26-,29+,30+,31-,33+,34+,35+,36-,37?,38+,39-,40-,41+,42+,43+/m1/s1. The molecule has 1 aromatic rings. The third-order valence-corrected chi connectivity index (χ3v) is 16.7. The van der Waals surface area contributed by atoms with Crippen LogP contribution >= 0.6 is 0 Å². The number of methoxy groups -OCH3 is 3. The number of esters is 5. The Labute approximate surface area is 357 Å². The lowest BCUT2D eigenvalue weighted by molar-refractivity contribution is -0.467. The maximum atomic E-state index is 14.6. The van der Waals surface area contributed by atoms with Crippen LogP contribution in [0.5, 0.6) is 0 Å². The summed E-state index contributed by atoms with van der Waals surface area (Å²) in [6, 6.07) is 1.58. The summed E-state index contributed by atoms with van der Waals surface area (Å²) in [5, 5.41) is 13.6. The van der Waals surface area contributed by atoms with E-state index >= 15 is 0 Å². The van der Waals surface area contributed by atoms with Gasteiger partial charge in [0, 0.05) is 69.0 Å². The van der Waals surface area contributed by atoms with Crippen molar-refractivity contribution >= 4 is 29.8 Å². The molecule has 0 amide bonds. The normalized spacial score (nSPS) is 51.2. The van der Waals surface area contributed by atoms with Crippen molar-refractivity contribution in [1.29, 1.82) is 0 Å². The number of aliphatic hydroxyl groups is 1. The average Bonchev–Trinajstić information content (AvgIpc) is 3.81. The quantitative estimate of drug-likeness (QED) is 0.181. The minimum Gasteiger partial charge on any atom is -0.472 e. The van der Waals surface area contributed by atoms with Crippen LogP contribution in [0.2, 0.25) is 0 Å². The summed E-state index contributed by atoms with van der Waals surface area (Å²) in [5.41, 5.74) is -16.9. The zero-order valence-corrected chi connectivity index (χ0v) is 37.0. The smallest absolute Gasteiger partial charge is 0.341 e. The van der Waals surface area contributed by atoms with Gasteiger partial charge in [0.15, 0.2) is 22.4 Å². The number of carbonyl (C=O) groups excluding carboxylic acids is 5. The van der Waals surface area contributed by atoms with Crippen LogP contribution in [0.1, 0.15) is 106 Å². The van der Waals surface area contributed by atoms with Gasteiger partial charge < -0.3 is 66.4 Å². The van der Waals surface area contributed by atoms with Crippen molar-refractivity contribution in [2.24, 2.45) is 22.2 Å². The number of hydrogen-bond acceptors (Lipinski definition) is 19. The van der Waals surface area contributed by atoms with E-state index in [-0.39, 0.29) is 25.7 Å². The van der Waals surface area contributed by atoms with E-state index < -0.39 is 135 Å². The van der Waals surface area contributed by atoms with E-state index in [0.717, 1.165) is 0 Å². The monoisotopic (exact) mass is 876 g/mol. The van der Waals surface area contributed by atoms with E-state index in [1.54, 1.807) is 47.6 Å². The third-order valence-electron chi connectivity index (χ3n) is 16.7. The highest BCUT2D eigenvalue weighted by Crippen LogP contribution is 2.91. The summed E-state index contributed by atoms with van der Waals surface area (Å²) in [6.07, 6.45) is -5.52. The number of aliphatic hydroxyl groups excluding tert-OH is 1. The van der Waals surface area contributed by atoms with Crippen LogP contribution in [-0.2, 0) is 80.8 Å². The highest BCUT2D eigenvalue weighted by atomic mass is 17.0. The van der Waals surface area contributed by atoms with E-state index in [1.807, 2.05) is 0 Å². The third kappa shape index (κ3) is 4.47. The SMILES string of the molecule is CC[C@@]1(OC)O[C@@H]2[C@@]3(O1)[C@@H](OC(=O)[C@@]1(C)O[C@@H]1C)[C@@]1(C)C[C@@]3(OC(C)=O)[C@@](C)([C@H]1CC(=O)OC)[C@]13OC4(C)O[C@](CC(=O)OC)([C@@]21O4)[C@](C)([C@@H](OC(C)=O)c1ccoc1)C[C@H]3O. The van der Waals surface area contributed by atoms with Gasteiger partial charge in [-0.3, -0.25) is 19.2 Å². The number of rotatable bonds is 12. The molecule has 19 nitrogen and oxygen atoms in total. The summed E-state index contributed by atoms with van der Waals surface area (Å²) >= 11 is 0. The first-order valence-electron chi connectivity index (χ1n) is 21.0. The molecule has 4 saturated heterocycles. The predicted octanol–water partition coefficient (Wildman–Crippen LogP) is 3.06. The van der Waals surface area contributed by atoms with Gasteiger partial charge in [-0.1, -0.05) is 27.7 Å². The maximum absolute atomic E-state index is 14.6. The van der Waals surface area contributed by atoms with Gasteiger partial charge in [-0.25, -0.2) is 4.79 Å². The fraction of sp³-hybridized carbons (Fsp3) is 0.791. The second kappa shape index (κ2) is 12.8. The molecule has 4 saturated carbocycles. The number of ether oxygens (including phenoxy) is 12. The number of fused-ring (bicyclic) bond motifs is 2. The second-order valence-corrected chi connectivity index (χ2v) is 19.3. The Hall–Kier alpha value is -3.69. The molecule has 4 aliphatic carbocycles. The highest BCUT2D eigenvalue weighted by molar-refractivity contribution is 5.83. The number of carbonyl (C=O) groups is 5. The first-order valence-corrected chi connectivity index (χ1v) is 21.0. The van der Waals surface area contributed by atoms with Crippen molar-refractivity contribution in [2.45, 2.75) is 170 Å². The predicted molar refractivity (Wildman–Crippen MR) is 201 cm³/mol. The summed E-state index contributed by atoms with van der Waals surface area (Å²) in [4.78, 5) is 70.0. The zero-order chi connectivity index (χ0) is 45.3. The summed E-state index contributed by atoms with van der Waals surface area (Å²) < 4.78 is 84.1. The minimum absolute atomic E-state index is 0.0214. The molecule has 1 N–H and O–H groups in total. The molecule has 8 aliphatic rings. The average molecular weight is 877 g/mol. The van der Waals surface area contributed by atoms with Crippen molar-refractivity contribution in [3.63, 3.8) is 0 Å². The molecular formula is C43H56O19. The van der Waals surface area contributed by atoms with Gasteiger partial charge in [-0.15, -0.1) is 0 Å². The summed E-state index contributed by atoms with van der Waals surface area (Å²) in [5.74, 6) is -9.01. The molecule has 19 heteroatoms. The molecule has 1 unspecified atom stereocenters. The number of epoxide rings is 1. The Morgan fingerprint density at radius 1 is 0.903 bits per heavy atom. The molecule has 4 bridgehead atoms. The van der Waals surface area contributed by atoms with E-state index in [1.165, 1.54) is 54.6 Å². The van der Waals surface area contributed by atoms with Crippen LogP contribution in [0.3, 0.4) is 0 Å². The Balaban J connectivity index is 1.45. The van der Waals surface area contributed by atoms with Crippen LogP contribution in [0.15, 0.2) is 23.0 Å². The zero-order valence-electron chi connectivity index (χ0n) is 37.0. The fourth-order valence-electron chi connectivity index (χ4n) is 14.4. The van der Waals surface area contributed by atoms with Crippen LogP contribution < -0.4 is 0 Å². The first kappa shape index (κ1) is 43.6. The van der Waals surface area contributed by atoms with Crippen molar-refractivity contribution in [3.8, 4) is 0 Å². The molecule has 5 heterocycles. The molecular weight excluding hydrogens is 820 g/mol. The maximum Gasteiger partial charge on any atom is 0.341 e. The topological polar surface area (TPSA) is 233 Å². The molecule has 8 fully saturated rings. The fourth-order valence-corrected chi connectivity index (χ4v) is 14.4. The van der Waals surface area contributed by atoms with Crippen molar-refractivity contribution in [1.82, 2.24) is 0 Å². The number of hydrogen-bond donors (Lipinski definition) is 1. The van der Waals surface area contributed by atoms with Gasteiger partial charge >= 0.3 is 29.8 Å². The Morgan fingerprint density at radius 2 is 1.56 bits per heavy atom. The van der Waals surface area contributed by atoms with Gasteiger partial charge in [0.05, 0.1) is 45.4 Å². The lowest BCUT2D eigenvalue weighted by atomic mass is 9.32. The van der Waals surface area contributed by atoms with Gasteiger partial charge in [0.25, 0.3) is 11.9 Å². The van der Waals surface area contributed by atoms with Gasteiger partial charge in [-0.05, 0) is 32.3 Å². The van der Waals surface area contributed by atoms with E-state index in [2.05, 4.69) is 0 Å². The lowest BCUT2D eigenvalue weighted by Gasteiger charge is -2.78. The molecule has 17 atom stereocenters. The molecule has 0 aromatic carbocycles. The Kier molecular flexibility index (Phi) is 8.97. The first-order chi connectivity index (χ1) is 28.9. The van der Waals surface area contributed by atoms with Crippen molar-refractivity contribution < 1.29 is 90.3 Å².